The fourth-order valence-electron chi connectivity index (χ4n) is 5.82. The number of hydrogen-bond donors (Lipinski definition) is 2. The summed E-state index contributed by atoms with van der Waals surface area (Å²) in [5, 5.41) is 23.5. The molecule has 284 valence electrons. The van der Waals surface area contributed by atoms with Crippen LogP contribution in [0.2, 0.25) is 0 Å². The Morgan fingerprint density at radius 3 is 1.28 bits per heavy atom. The van der Waals surface area contributed by atoms with Gasteiger partial charge in [-0.25, -0.2) is 4.79 Å². The molecule has 10 nitrogen and oxygen atoms in total. The Bertz CT molecular complexity index is 1730. The van der Waals surface area contributed by atoms with Crippen molar-refractivity contribution >= 4 is 5.97 Å². The monoisotopic (exact) mass is 736 g/mol. The van der Waals surface area contributed by atoms with Crippen molar-refractivity contribution in [3.8, 4) is 11.5 Å². The molecule has 0 aliphatic heterocycles. The SMILES string of the molecule is COc1ccc(COCC(O)(COCc2ccc(OC)cc2)[C@@H](OCc2ccccc2)[C@H](OCc2ccccc2)[C@@H](OCc2ccccc2)C(=O)O)cc1. The van der Waals surface area contributed by atoms with Crippen LogP contribution in [-0.2, 0) is 61.5 Å². The highest BCUT2D eigenvalue weighted by atomic mass is 16.6. The zero-order valence-electron chi connectivity index (χ0n) is 30.6. The molecular formula is C44H48O10. The van der Waals surface area contributed by atoms with Gasteiger partial charge in [0.15, 0.2) is 6.10 Å². The maximum Gasteiger partial charge on any atom is 0.335 e. The van der Waals surface area contributed by atoms with Crippen molar-refractivity contribution < 1.29 is 48.2 Å². The van der Waals surface area contributed by atoms with Gasteiger partial charge in [0.25, 0.3) is 0 Å². The van der Waals surface area contributed by atoms with Crippen molar-refractivity contribution in [3.05, 3.63) is 167 Å². The molecule has 0 aliphatic carbocycles. The molecule has 0 aliphatic rings. The predicted octanol–water partition coefficient (Wildman–Crippen LogP) is 7.01. The van der Waals surface area contributed by atoms with Gasteiger partial charge in [0.05, 0.1) is 60.5 Å². The zero-order valence-corrected chi connectivity index (χ0v) is 30.6. The molecule has 10 heteroatoms. The van der Waals surface area contributed by atoms with E-state index >= 15 is 0 Å². The van der Waals surface area contributed by atoms with Crippen LogP contribution >= 0.6 is 0 Å². The van der Waals surface area contributed by atoms with Gasteiger partial charge in [0, 0.05) is 0 Å². The van der Waals surface area contributed by atoms with Gasteiger partial charge in [-0.1, -0.05) is 115 Å². The van der Waals surface area contributed by atoms with Gasteiger partial charge in [0.1, 0.15) is 29.3 Å². The molecule has 54 heavy (non-hydrogen) atoms. The van der Waals surface area contributed by atoms with Crippen LogP contribution in [0.1, 0.15) is 27.8 Å². The maximum atomic E-state index is 13.2. The van der Waals surface area contributed by atoms with E-state index in [1.807, 2.05) is 140 Å². The first-order valence-electron chi connectivity index (χ1n) is 17.7. The van der Waals surface area contributed by atoms with Crippen LogP contribution < -0.4 is 9.47 Å². The van der Waals surface area contributed by atoms with Gasteiger partial charge in [0.2, 0.25) is 0 Å². The number of ether oxygens (including phenoxy) is 7. The van der Waals surface area contributed by atoms with Gasteiger partial charge >= 0.3 is 5.97 Å². The lowest BCUT2D eigenvalue weighted by Gasteiger charge is -2.41. The average molecular weight is 737 g/mol. The van der Waals surface area contributed by atoms with E-state index in [2.05, 4.69) is 0 Å². The maximum absolute atomic E-state index is 13.2. The number of rotatable bonds is 23. The number of benzene rings is 5. The van der Waals surface area contributed by atoms with E-state index < -0.39 is 29.9 Å². The first-order valence-corrected chi connectivity index (χ1v) is 17.7. The molecule has 5 aromatic carbocycles. The Labute approximate surface area is 316 Å². The second-order valence-electron chi connectivity index (χ2n) is 12.8. The molecule has 0 radical (unpaired) electrons. The Balaban J connectivity index is 1.50. The summed E-state index contributed by atoms with van der Waals surface area (Å²) in [6.45, 7) is -0.285. The minimum atomic E-state index is -1.95. The van der Waals surface area contributed by atoms with E-state index in [0.717, 1.165) is 27.8 Å². The number of carboxylic acid groups (broad SMARTS) is 1. The summed E-state index contributed by atoms with van der Waals surface area (Å²) in [6.07, 6.45) is -4.23. The second kappa shape index (κ2) is 21.0. The smallest absolute Gasteiger partial charge is 0.335 e. The van der Waals surface area contributed by atoms with Crippen LogP contribution in [0.4, 0.5) is 0 Å². The molecule has 2 N–H and O–H groups in total. The highest BCUT2D eigenvalue weighted by molar-refractivity contribution is 5.73. The van der Waals surface area contributed by atoms with E-state index in [1.54, 1.807) is 14.2 Å². The van der Waals surface area contributed by atoms with Crippen molar-refractivity contribution in [2.24, 2.45) is 0 Å². The van der Waals surface area contributed by atoms with Crippen LogP contribution in [0.15, 0.2) is 140 Å². The number of hydrogen-bond acceptors (Lipinski definition) is 9. The Morgan fingerprint density at radius 2 is 0.889 bits per heavy atom. The fraction of sp³-hybridized carbons (Fsp3) is 0.295. The molecule has 0 saturated carbocycles. The van der Waals surface area contributed by atoms with Crippen LogP contribution in [0.5, 0.6) is 11.5 Å². The van der Waals surface area contributed by atoms with Gasteiger partial charge in [-0.05, 0) is 52.1 Å². The first-order chi connectivity index (χ1) is 26.4. The van der Waals surface area contributed by atoms with Crippen molar-refractivity contribution in [1.29, 1.82) is 0 Å². The van der Waals surface area contributed by atoms with Crippen LogP contribution in [0.3, 0.4) is 0 Å². The summed E-state index contributed by atoms with van der Waals surface area (Å²) < 4.78 is 42.2. The van der Waals surface area contributed by atoms with Crippen LogP contribution in [-0.4, -0.2) is 67.5 Å². The molecule has 0 saturated heterocycles. The number of carboxylic acids is 1. The first kappa shape index (κ1) is 40.1. The molecule has 0 unspecified atom stereocenters. The summed E-state index contributed by atoms with van der Waals surface area (Å²) in [7, 11) is 3.19. The molecule has 0 aromatic heterocycles. The highest BCUT2D eigenvalue weighted by Gasteiger charge is 2.49. The van der Waals surface area contributed by atoms with E-state index in [-0.39, 0.29) is 46.2 Å². The van der Waals surface area contributed by atoms with Gasteiger partial charge < -0.3 is 43.4 Å². The van der Waals surface area contributed by atoms with Crippen LogP contribution in [0.25, 0.3) is 0 Å². The minimum Gasteiger partial charge on any atom is -0.497 e. The lowest BCUT2D eigenvalue weighted by atomic mass is 9.90. The van der Waals surface area contributed by atoms with E-state index in [0.29, 0.717) is 11.5 Å². The second-order valence-corrected chi connectivity index (χ2v) is 12.8. The number of carbonyl (C=O) groups is 1. The normalized spacial score (nSPS) is 13.2. The van der Waals surface area contributed by atoms with E-state index in [1.165, 1.54) is 0 Å². The molecule has 0 fully saturated rings. The number of aliphatic hydroxyl groups is 1. The molecule has 0 amide bonds. The number of methoxy groups -OCH3 is 2. The molecule has 5 rings (SSSR count). The predicted molar refractivity (Wildman–Crippen MR) is 203 cm³/mol. The molecule has 3 atom stereocenters. The average Bonchev–Trinajstić information content (AvgIpc) is 3.21. The van der Waals surface area contributed by atoms with Gasteiger partial charge in [-0.2, -0.15) is 0 Å². The quantitative estimate of drug-likeness (QED) is 0.0725. The third kappa shape index (κ3) is 12.2. The Morgan fingerprint density at radius 1 is 0.519 bits per heavy atom. The van der Waals surface area contributed by atoms with E-state index in [9.17, 15) is 15.0 Å². The third-order valence-corrected chi connectivity index (χ3v) is 8.76. The van der Waals surface area contributed by atoms with Crippen molar-refractivity contribution in [3.63, 3.8) is 0 Å². The molecule has 0 spiro atoms. The standard InChI is InChI=1S/C44H48O10/c1-48-38-22-18-36(19-23-38)26-50-31-44(47,32-51-27-37-20-24-39(49-2)25-21-37)42(54-30-35-16-10-5-11-17-35)40(52-28-33-12-6-3-7-13-33)41(43(45)46)53-29-34-14-8-4-9-15-34/h3-25,40-42,47H,26-32H2,1-2H3,(H,45,46)/t40-,41-,42+/m1/s1. The summed E-state index contributed by atoms with van der Waals surface area (Å²) in [4.78, 5) is 13.2. The van der Waals surface area contributed by atoms with Crippen molar-refractivity contribution in [1.82, 2.24) is 0 Å². The largest absolute Gasteiger partial charge is 0.497 e. The van der Waals surface area contributed by atoms with Gasteiger partial charge in [-0.3, -0.25) is 0 Å². The highest BCUT2D eigenvalue weighted by Crippen LogP contribution is 2.29. The molecule has 5 aromatic rings. The van der Waals surface area contributed by atoms with Crippen molar-refractivity contribution in [2.45, 2.75) is 56.9 Å². The summed E-state index contributed by atoms with van der Waals surface area (Å²) in [6, 6.07) is 42.8. The summed E-state index contributed by atoms with van der Waals surface area (Å²) in [5.74, 6) is 0.119. The van der Waals surface area contributed by atoms with Crippen molar-refractivity contribution in [2.75, 3.05) is 27.4 Å². The topological polar surface area (TPSA) is 122 Å². The molecular weight excluding hydrogens is 688 g/mol. The molecule has 0 bridgehead atoms. The minimum absolute atomic E-state index is 0.0185. The van der Waals surface area contributed by atoms with E-state index in [4.69, 9.17) is 33.2 Å². The third-order valence-electron chi connectivity index (χ3n) is 8.76. The fourth-order valence-corrected chi connectivity index (χ4v) is 5.82. The van der Waals surface area contributed by atoms with Crippen LogP contribution in [0, 0.1) is 0 Å². The summed E-state index contributed by atoms with van der Waals surface area (Å²) >= 11 is 0. The Hall–Kier alpha value is -5.07. The Kier molecular flexibility index (Phi) is 15.6. The zero-order chi connectivity index (χ0) is 38.0. The number of aliphatic carboxylic acids is 1. The lowest BCUT2D eigenvalue weighted by Crippen LogP contribution is -2.61. The summed E-state index contributed by atoms with van der Waals surface area (Å²) in [5.41, 5.74) is 2.11. The van der Waals surface area contributed by atoms with Gasteiger partial charge in [-0.15, -0.1) is 0 Å². The lowest BCUT2D eigenvalue weighted by molar-refractivity contribution is -0.239. The molecule has 0 heterocycles.